The maximum absolute atomic E-state index is 12.7. The molecule has 3 nitrogen and oxygen atoms in total. The number of pyridine rings is 1. The Hall–Kier alpha value is -2.24. The molecule has 0 bridgehead atoms. The van der Waals surface area contributed by atoms with Crippen LogP contribution in [0.1, 0.15) is 11.1 Å². The molecular formula is C14H14F3N3. The summed E-state index contributed by atoms with van der Waals surface area (Å²) in [5.74, 6) is 0. The average molecular weight is 281 g/mol. The van der Waals surface area contributed by atoms with Crippen molar-refractivity contribution >= 4 is 11.4 Å². The van der Waals surface area contributed by atoms with E-state index in [9.17, 15) is 13.2 Å². The monoisotopic (exact) mass is 281 g/mol. The SMILES string of the molecule is CN(Cc1cccc(C(F)(F)F)c1)c1ccncc1N. The van der Waals surface area contributed by atoms with Crippen LogP contribution in [-0.2, 0) is 12.7 Å². The highest BCUT2D eigenvalue weighted by atomic mass is 19.4. The number of nitrogens with zero attached hydrogens (tertiary/aromatic N) is 2. The minimum Gasteiger partial charge on any atom is -0.396 e. The molecule has 0 saturated heterocycles. The third-order valence-electron chi connectivity index (χ3n) is 2.91. The molecule has 0 atom stereocenters. The largest absolute Gasteiger partial charge is 0.416 e. The summed E-state index contributed by atoms with van der Waals surface area (Å²) in [4.78, 5) is 5.66. The van der Waals surface area contributed by atoms with Gasteiger partial charge in [-0.2, -0.15) is 13.2 Å². The minimum absolute atomic E-state index is 0.331. The number of rotatable bonds is 3. The van der Waals surface area contributed by atoms with Crippen molar-refractivity contribution in [3.63, 3.8) is 0 Å². The van der Waals surface area contributed by atoms with E-state index >= 15 is 0 Å². The van der Waals surface area contributed by atoms with E-state index in [1.165, 1.54) is 12.3 Å². The second-order valence-electron chi connectivity index (χ2n) is 4.49. The molecule has 0 unspecified atom stereocenters. The van der Waals surface area contributed by atoms with Crippen molar-refractivity contribution < 1.29 is 13.2 Å². The predicted molar refractivity (Wildman–Crippen MR) is 72.2 cm³/mol. The first-order valence-electron chi connectivity index (χ1n) is 5.94. The van der Waals surface area contributed by atoms with E-state index in [1.807, 2.05) is 0 Å². The summed E-state index contributed by atoms with van der Waals surface area (Å²) in [7, 11) is 1.77. The molecule has 2 N–H and O–H groups in total. The van der Waals surface area contributed by atoms with Crippen molar-refractivity contribution in [2.45, 2.75) is 12.7 Å². The zero-order valence-corrected chi connectivity index (χ0v) is 10.9. The Morgan fingerprint density at radius 2 is 2.00 bits per heavy atom. The minimum atomic E-state index is -4.33. The number of benzene rings is 1. The van der Waals surface area contributed by atoms with Crippen LogP contribution in [0.5, 0.6) is 0 Å². The van der Waals surface area contributed by atoms with E-state index in [1.54, 1.807) is 30.3 Å². The lowest BCUT2D eigenvalue weighted by atomic mass is 10.1. The Morgan fingerprint density at radius 1 is 1.25 bits per heavy atom. The fourth-order valence-electron chi connectivity index (χ4n) is 1.95. The Morgan fingerprint density at radius 3 is 2.65 bits per heavy atom. The van der Waals surface area contributed by atoms with E-state index in [0.717, 1.165) is 17.8 Å². The number of alkyl halides is 3. The summed E-state index contributed by atoms with van der Waals surface area (Å²) in [5, 5.41) is 0. The van der Waals surface area contributed by atoms with E-state index in [0.29, 0.717) is 17.8 Å². The van der Waals surface area contributed by atoms with Crippen molar-refractivity contribution in [1.29, 1.82) is 0 Å². The molecule has 1 aromatic heterocycles. The summed E-state index contributed by atoms with van der Waals surface area (Å²) >= 11 is 0. The van der Waals surface area contributed by atoms with E-state index in [4.69, 9.17) is 5.73 Å². The fraction of sp³-hybridized carbons (Fsp3) is 0.214. The topological polar surface area (TPSA) is 42.2 Å². The van der Waals surface area contributed by atoms with Gasteiger partial charge in [-0.05, 0) is 23.8 Å². The van der Waals surface area contributed by atoms with Gasteiger partial charge in [0.15, 0.2) is 0 Å². The van der Waals surface area contributed by atoms with Gasteiger partial charge in [-0.1, -0.05) is 12.1 Å². The van der Waals surface area contributed by atoms with Gasteiger partial charge >= 0.3 is 6.18 Å². The van der Waals surface area contributed by atoms with Crippen LogP contribution in [0, 0.1) is 0 Å². The van der Waals surface area contributed by atoms with Crippen LogP contribution in [0.3, 0.4) is 0 Å². The van der Waals surface area contributed by atoms with Crippen LogP contribution in [-0.4, -0.2) is 12.0 Å². The van der Waals surface area contributed by atoms with Crippen molar-refractivity contribution in [3.8, 4) is 0 Å². The number of anilines is 2. The second kappa shape index (κ2) is 5.40. The van der Waals surface area contributed by atoms with Gasteiger partial charge in [-0.15, -0.1) is 0 Å². The summed E-state index contributed by atoms with van der Waals surface area (Å²) < 4.78 is 38.0. The number of hydrogen-bond acceptors (Lipinski definition) is 3. The molecule has 106 valence electrons. The Balaban J connectivity index is 2.20. The standard InChI is InChI=1S/C14H14F3N3/c1-20(13-5-6-19-8-12(13)18)9-10-3-2-4-11(7-10)14(15,16)17/h2-8H,9,18H2,1H3. The van der Waals surface area contributed by atoms with Crippen molar-refractivity contribution in [1.82, 2.24) is 4.98 Å². The lowest BCUT2D eigenvalue weighted by Gasteiger charge is -2.21. The first-order chi connectivity index (χ1) is 9.38. The Kier molecular flexibility index (Phi) is 3.83. The highest BCUT2D eigenvalue weighted by Gasteiger charge is 2.30. The van der Waals surface area contributed by atoms with Gasteiger partial charge < -0.3 is 10.6 Å². The van der Waals surface area contributed by atoms with Crippen LogP contribution in [0.4, 0.5) is 24.5 Å². The van der Waals surface area contributed by atoms with Crippen LogP contribution < -0.4 is 10.6 Å². The molecule has 0 aliphatic rings. The Labute approximate surface area is 114 Å². The average Bonchev–Trinajstić information content (AvgIpc) is 2.38. The van der Waals surface area contributed by atoms with Crippen molar-refractivity contribution in [2.24, 2.45) is 0 Å². The van der Waals surface area contributed by atoms with E-state index in [-0.39, 0.29) is 0 Å². The van der Waals surface area contributed by atoms with Gasteiger partial charge in [-0.25, -0.2) is 0 Å². The molecule has 0 fully saturated rings. The van der Waals surface area contributed by atoms with Gasteiger partial charge in [-0.3, -0.25) is 4.98 Å². The third-order valence-corrected chi connectivity index (χ3v) is 2.91. The smallest absolute Gasteiger partial charge is 0.396 e. The van der Waals surface area contributed by atoms with Crippen LogP contribution in [0.25, 0.3) is 0 Å². The number of nitrogens with two attached hydrogens (primary N) is 1. The molecule has 0 spiro atoms. The van der Waals surface area contributed by atoms with Gasteiger partial charge in [0.25, 0.3) is 0 Å². The molecule has 6 heteroatoms. The predicted octanol–water partition coefficient (Wildman–Crippen LogP) is 3.32. The van der Waals surface area contributed by atoms with Gasteiger partial charge in [0.05, 0.1) is 23.1 Å². The summed E-state index contributed by atoms with van der Waals surface area (Å²) in [6, 6.07) is 6.99. The van der Waals surface area contributed by atoms with Crippen LogP contribution in [0.15, 0.2) is 42.7 Å². The van der Waals surface area contributed by atoms with Gasteiger partial charge in [0.2, 0.25) is 0 Å². The zero-order chi connectivity index (χ0) is 14.8. The summed E-state index contributed by atoms with van der Waals surface area (Å²) in [6.45, 7) is 0.331. The van der Waals surface area contributed by atoms with E-state index in [2.05, 4.69) is 4.98 Å². The molecule has 0 aliphatic heterocycles. The maximum atomic E-state index is 12.7. The molecule has 0 saturated carbocycles. The number of nitrogen functional groups attached to an aromatic ring is 1. The van der Waals surface area contributed by atoms with Crippen LogP contribution in [0.2, 0.25) is 0 Å². The number of halogens is 3. The van der Waals surface area contributed by atoms with Gasteiger partial charge in [0, 0.05) is 19.8 Å². The zero-order valence-electron chi connectivity index (χ0n) is 10.9. The molecule has 1 aromatic carbocycles. The van der Waals surface area contributed by atoms with Crippen molar-refractivity contribution in [2.75, 3.05) is 17.7 Å². The highest BCUT2D eigenvalue weighted by Crippen LogP contribution is 2.30. The number of aromatic nitrogens is 1. The quantitative estimate of drug-likeness (QED) is 0.938. The van der Waals surface area contributed by atoms with Crippen molar-refractivity contribution in [3.05, 3.63) is 53.9 Å². The molecular weight excluding hydrogens is 267 g/mol. The number of hydrogen-bond donors (Lipinski definition) is 1. The normalized spacial score (nSPS) is 11.4. The lowest BCUT2D eigenvalue weighted by molar-refractivity contribution is -0.137. The lowest BCUT2D eigenvalue weighted by Crippen LogP contribution is -2.18. The molecule has 2 rings (SSSR count). The summed E-state index contributed by atoms with van der Waals surface area (Å²) in [6.07, 6.45) is -1.23. The molecule has 1 heterocycles. The Bertz CT molecular complexity index is 596. The fourth-order valence-corrected chi connectivity index (χ4v) is 1.95. The second-order valence-corrected chi connectivity index (χ2v) is 4.49. The molecule has 0 radical (unpaired) electrons. The molecule has 0 aliphatic carbocycles. The molecule has 2 aromatic rings. The summed E-state index contributed by atoms with van der Waals surface area (Å²) in [5.41, 5.74) is 6.93. The first kappa shape index (κ1) is 14.2. The maximum Gasteiger partial charge on any atom is 0.416 e. The highest BCUT2D eigenvalue weighted by molar-refractivity contribution is 5.65. The first-order valence-corrected chi connectivity index (χ1v) is 5.94. The van der Waals surface area contributed by atoms with E-state index < -0.39 is 11.7 Å². The third kappa shape index (κ3) is 3.20. The molecule has 20 heavy (non-hydrogen) atoms. The van der Waals surface area contributed by atoms with Crippen LogP contribution >= 0.6 is 0 Å². The van der Waals surface area contributed by atoms with Gasteiger partial charge in [0.1, 0.15) is 0 Å². The molecule has 0 amide bonds.